The van der Waals surface area contributed by atoms with Crippen molar-refractivity contribution in [2.24, 2.45) is 4.99 Å². The molecule has 1 heterocycles. The second-order valence-corrected chi connectivity index (χ2v) is 8.94. The van der Waals surface area contributed by atoms with Crippen molar-refractivity contribution in [1.29, 1.82) is 0 Å². The van der Waals surface area contributed by atoms with Crippen molar-refractivity contribution in [3.05, 3.63) is 50.0 Å². The molecular weight excluding hydrogens is 430 g/mol. The van der Waals surface area contributed by atoms with Gasteiger partial charge in [-0.1, -0.05) is 11.6 Å². The molecule has 1 unspecified atom stereocenters. The van der Waals surface area contributed by atoms with Crippen LogP contribution in [0.25, 0.3) is 5.69 Å². The van der Waals surface area contributed by atoms with E-state index in [9.17, 15) is 28.2 Å². The minimum Gasteiger partial charge on any atom is -0.494 e. The summed E-state index contributed by atoms with van der Waals surface area (Å²) in [5, 5.41) is 20.1. The van der Waals surface area contributed by atoms with Gasteiger partial charge in [-0.25, -0.2) is 13.2 Å². The summed E-state index contributed by atoms with van der Waals surface area (Å²) in [6.45, 7) is 0. The number of hydrogen-bond acceptors (Lipinski definition) is 7. The van der Waals surface area contributed by atoms with Crippen molar-refractivity contribution in [1.82, 2.24) is 9.55 Å². The van der Waals surface area contributed by atoms with Crippen molar-refractivity contribution < 1.29 is 23.4 Å². The first kappa shape index (κ1) is 21.8. The van der Waals surface area contributed by atoms with E-state index in [0.29, 0.717) is 10.7 Å². The molecule has 0 saturated carbocycles. The Hall–Kier alpha value is -2.50. The first-order chi connectivity index (χ1) is 13.0. The van der Waals surface area contributed by atoms with Gasteiger partial charge in [0.1, 0.15) is 21.4 Å². The summed E-state index contributed by atoms with van der Waals surface area (Å²) in [7, 11) is -3.39. The van der Waals surface area contributed by atoms with E-state index >= 15 is 0 Å². The number of nitrogens with one attached hydrogen (secondary N) is 1. The molecular formula is C16H16ClN3O6S2. The number of carbonyl (C=O) groups is 1. The molecule has 0 aliphatic heterocycles. The highest BCUT2D eigenvalue weighted by Gasteiger charge is 2.19. The van der Waals surface area contributed by atoms with Crippen molar-refractivity contribution in [3.8, 4) is 11.6 Å². The van der Waals surface area contributed by atoms with Crippen LogP contribution in [0.3, 0.4) is 0 Å². The lowest BCUT2D eigenvalue weighted by Crippen LogP contribution is -2.23. The van der Waals surface area contributed by atoms with Gasteiger partial charge in [0.15, 0.2) is 4.77 Å². The number of H-pyrrole nitrogens is 1. The normalized spacial score (nSPS) is 12.9. The zero-order chi connectivity index (χ0) is 21.1. The minimum absolute atomic E-state index is 0.0890. The minimum atomic E-state index is -3.39. The number of rotatable bonds is 7. The zero-order valence-electron chi connectivity index (χ0n) is 14.5. The standard InChI is InChI=1S/C16H16ClN3O6S2/c1-28(25,26)7-6-12(15(23)24)18-8-11-13(21)19-16(27)20(14(11)22)10-4-2-9(17)3-5-10/h2-5,8,12,22H,6-7H2,1H3,(H,23,24)(H,19,21,27). The quantitative estimate of drug-likeness (QED) is 0.433. The van der Waals surface area contributed by atoms with Gasteiger partial charge in [0, 0.05) is 17.5 Å². The third-order valence-corrected chi connectivity index (χ3v) is 5.15. The molecule has 28 heavy (non-hydrogen) atoms. The lowest BCUT2D eigenvalue weighted by molar-refractivity contribution is -0.138. The summed E-state index contributed by atoms with van der Waals surface area (Å²) in [4.78, 5) is 29.6. The number of aromatic hydroxyl groups is 1. The highest BCUT2D eigenvalue weighted by molar-refractivity contribution is 7.90. The fourth-order valence-corrected chi connectivity index (χ4v) is 3.30. The Kier molecular flexibility index (Phi) is 6.75. The van der Waals surface area contributed by atoms with Gasteiger partial charge in [0.2, 0.25) is 5.88 Å². The lowest BCUT2D eigenvalue weighted by atomic mass is 10.2. The monoisotopic (exact) mass is 445 g/mol. The molecule has 2 aromatic rings. The summed E-state index contributed by atoms with van der Waals surface area (Å²) < 4.78 is 23.5. The van der Waals surface area contributed by atoms with Crippen LogP contribution in [-0.2, 0) is 14.6 Å². The topological polar surface area (TPSA) is 142 Å². The first-order valence-electron chi connectivity index (χ1n) is 7.77. The molecule has 0 fully saturated rings. The van der Waals surface area contributed by atoms with Crippen LogP contribution < -0.4 is 5.56 Å². The third-order valence-electron chi connectivity index (χ3n) is 3.64. The van der Waals surface area contributed by atoms with Gasteiger partial charge in [-0.3, -0.25) is 19.3 Å². The number of halogens is 1. The van der Waals surface area contributed by atoms with Crippen LogP contribution in [0, 0.1) is 4.77 Å². The molecule has 12 heteroatoms. The van der Waals surface area contributed by atoms with E-state index in [-0.39, 0.29) is 22.5 Å². The molecule has 0 aliphatic carbocycles. The number of sulfone groups is 1. The number of aliphatic carboxylic acids is 1. The maximum Gasteiger partial charge on any atom is 0.328 e. The molecule has 0 saturated heterocycles. The molecule has 3 N–H and O–H groups in total. The average Bonchev–Trinajstić information content (AvgIpc) is 2.57. The predicted molar refractivity (Wildman–Crippen MR) is 107 cm³/mol. The van der Waals surface area contributed by atoms with Crippen molar-refractivity contribution in [2.45, 2.75) is 12.5 Å². The highest BCUT2D eigenvalue weighted by Crippen LogP contribution is 2.20. The molecule has 1 aromatic carbocycles. The van der Waals surface area contributed by atoms with Crippen LogP contribution in [0.2, 0.25) is 5.02 Å². The van der Waals surface area contributed by atoms with Gasteiger partial charge < -0.3 is 10.2 Å². The maximum atomic E-state index is 12.1. The second kappa shape index (κ2) is 8.67. The number of aromatic amines is 1. The fourth-order valence-electron chi connectivity index (χ4n) is 2.24. The molecule has 0 spiro atoms. The maximum absolute atomic E-state index is 12.1. The van der Waals surface area contributed by atoms with E-state index in [2.05, 4.69) is 9.98 Å². The summed E-state index contributed by atoms with van der Waals surface area (Å²) >= 11 is 10.9. The molecule has 150 valence electrons. The van der Waals surface area contributed by atoms with Crippen molar-refractivity contribution >= 4 is 45.8 Å². The van der Waals surface area contributed by atoms with E-state index in [1.54, 1.807) is 24.3 Å². The number of aliphatic imine (C=N–C) groups is 1. The Morgan fingerprint density at radius 2 is 2.00 bits per heavy atom. The Labute approximate surface area is 169 Å². The van der Waals surface area contributed by atoms with Crippen LogP contribution >= 0.6 is 23.8 Å². The van der Waals surface area contributed by atoms with E-state index in [1.165, 1.54) is 0 Å². The summed E-state index contributed by atoms with van der Waals surface area (Å²) in [6, 6.07) is 4.83. The number of carboxylic acid groups (broad SMARTS) is 1. The Bertz CT molecular complexity index is 1140. The zero-order valence-corrected chi connectivity index (χ0v) is 16.9. The summed E-state index contributed by atoms with van der Waals surface area (Å²) in [5.74, 6) is -2.30. The SMILES string of the molecule is CS(=O)(=O)CCC(N=Cc1c(O)n(-c2ccc(Cl)cc2)c(=S)[nH]c1=O)C(=O)O. The molecule has 9 nitrogen and oxygen atoms in total. The summed E-state index contributed by atoms with van der Waals surface area (Å²) in [5.41, 5.74) is -0.692. The molecule has 0 aliphatic rings. The number of hydrogen-bond donors (Lipinski definition) is 3. The van der Waals surface area contributed by atoms with Crippen molar-refractivity contribution in [3.63, 3.8) is 0 Å². The van der Waals surface area contributed by atoms with Crippen molar-refractivity contribution in [2.75, 3.05) is 12.0 Å². The van der Waals surface area contributed by atoms with E-state index < -0.39 is 33.3 Å². The van der Waals surface area contributed by atoms with Gasteiger partial charge in [0.05, 0.1) is 11.4 Å². The van der Waals surface area contributed by atoms with Gasteiger partial charge >= 0.3 is 5.97 Å². The van der Waals surface area contributed by atoms with Gasteiger partial charge in [-0.2, -0.15) is 0 Å². The first-order valence-corrected chi connectivity index (χ1v) is 10.6. The smallest absolute Gasteiger partial charge is 0.328 e. The second-order valence-electron chi connectivity index (χ2n) is 5.86. The lowest BCUT2D eigenvalue weighted by Gasteiger charge is -2.11. The van der Waals surface area contributed by atoms with Crippen LogP contribution in [0.5, 0.6) is 5.88 Å². The molecule has 0 radical (unpaired) electrons. The van der Waals surface area contributed by atoms with E-state index in [0.717, 1.165) is 17.0 Å². The van der Waals surface area contributed by atoms with Crippen LogP contribution in [0.1, 0.15) is 12.0 Å². The molecule has 1 atom stereocenters. The van der Waals surface area contributed by atoms with Gasteiger partial charge in [-0.15, -0.1) is 0 Å². The van der Waals surface area contributed by atoms with E-state index in [1.807, 2.05) is 0 Å². The van der Waals surface area contributed by atoms with Gasteiger partial charge in [-0.05, 0) is 42.9 Å². The van der Waals surface area contributed by atoms with Crippen LogP contribution in [0.15, 0.2) is 34.1 Å². The summed E-state index contributed by atoms with van der Waals surface area (Å²) in [6.07, 6.45) is 1.58. The number of nitrogens with zero attached hydrogens (tertiary/aromatic N) is 2. The van der Waals surface area contributed by atoms with Crippen LogP contribution in [0.4, 0.5) is 0 Å². The van der Waals surface area contributed by atoms with E-state index in [4.69, 9.17) is 23.8 Å². The Balaban J connectivity index is 2.47. The Morgan fingerprint density at radius 1 is 1.39 bits per heavy atom. The fraction of sp³-hybridized carbons (Fsp3) is 0.250. The molecule has 0 amide bonds. The average molecular weight is 446 g/mol. The molecule has 0 bridgehead atoms. The third kappa shape index (κ3) is 5.50. The molecule has 2 rings (SSSR count). The van der Waals surface area contributed by atoms with Crippen LogP contribution in [-0.4, -0.2) is 58.4 Å². The highest BCUT2D eigenvalue weighted by atomic mass is 35.5. The number of benzene rings is 1. The Morgan fingerprint density at radius 3 is 2.54 bits per heavy atom. The predicted octanol–water partition coefficient (Wildman–Crippen LogP) is 1.56. The van der Waals surface area contributed by atoms with Gasteiger partial charge in [0.25, 0.3) is 5.56 Å². The molecule has 1 aromatic heterocycles. The number of aromatic nitrogens is 2. The largest absolute Gasteiger partial charge is 0.494 e. The number of carboxylic acids is 1.